The van der Waals surface area contributed by atoms with Crippen LogP contribution in [0.4, 0.5) is 14.5 Å². The van der Waals surface area contributed by atoms with Crippen LogP contribution in [0.3, 0.4) is 0 Å². The topological polar surface area (TPSA) is 115 Å². The summed E-state index contributed by atoms with van der Waals surface area (Å²) in [5, 5.41) is 18.0. The molecule has 0 aliphatic heterocycles. The number of nitrogens with two attached hydrogens (primary N) is 1. The number of nitro groups is 1. The van der Waals surface area contributed by atoms with Gasteiger partial charge in [0.15, 0.2) is 0 Å². The first kappa shape index (κ1) is 16.4. The first-order valence-corrected chi connectivity index (χ1v) is 7.26. The van der Waals surface area contributed by atoms with E-state index in [0.29, 0.717) is 6.07 Å². The van der Waals surface area contributed by atoms with E-state index >= 15 is 0 Å². The highest BCUT2D eigenvalue weighted by molar-refractivity contribution is 7.89. The van der Waals surface area contributed by atoms with E-state index in [-0.39, 0.29) is 30.8 Å². The van der Waals surface area contributed by atoms with Gasteiger partial charge in [0, 0.05) is 24.2 Å². The number of rotatable bonds is 7. The number of nitrogens with zero attached hydrogens (tertiary/aromatic N) is 1. The van der Waals surface area contributed by atoms with Crippen molar-refractivity contribution < 1.29 is 22.1 Å². The minimum absolute atomic E-state index is 0.0753. The summed E-state index contributed by atoms with van der Waals surface area (Å²) in [7, 11) is -3.55. The summed E-state index contributed by atoms with van der Waals surface area (Å²) < 4.78 is 47.7. The molecule has 0 aromatic heterocycles. The summed E-state index contributed by atoms with van der Waals surface area (Å²) in [6.07, 6.45) is 0.212. The normalized spacial score (nSPS) is 11.6. The van der Waals surface area contributed by atoms with Crippen LogP contribution in [0.1, 0.15) is 12.0 Å². The standard InChI is InChI=1S/C10H13F2N3O4S/c11-8-5-9(12)10(15(16)17)4-7(8)6-14-2-1-3-20(13,18)19/h4-5,14H,1-3,6H2,(H2,13,18,19). The van der Waals surface area contributed by atoms with Crippen LogP contribution >= 0.6 is 0 Å². The van der Waals surface area contributed by atoms with E-state index in [1.165, 1.54) is 0 Å². The van der Waals surface area contributed by atoms with Crippen molar-refractivity contribution in [2.45, 2.75) is 13.0 Å². The Kier molecular flexibility index (Phi) is 5.48. The maximum absolute atomic E-state index is 13.4. The van der Waals surface area contributed by atoms with Gasteiger partial charge in [0.1, 0.15) is 5.82 Å². The Morgan fingerprint density at radius 3 is 2.50 bits per heavy atom. The van der Waals surface area contributed by atoms with E-state index in [2.05, 4.69) is 5.32 Å². The van der Waals surface area contributed by atoms with Crippen LogP contribution in [0.25, 0.3) is 0 Å². The molecular formula is C10H13F2N3O4S. The van der Waals surface area contributed by atoms with Gasteiger partial charge in [0.2, 0.25) is 15.8 Å². The van der Waals surface area contributed by atoms with E-state index in [0.717, 1.165) is 6.07 Å². The lowest BCUT2D eigenvalue weighted by molar-refractivity contribution is -0.387. The van der Waals surface area contributed by atoms with Gasteiger partial charge in [0.05, 0.1) is 10.7 Å². The van der Waals surface area contributed by atoms with Crippen molar-refractivity contribution in [1.82, 2.24) is 5.32 Å². The molecule has 0 unspecified atom stereocenters. The molecular weight excluding hydrogens is 296 g/mol. The number of benzene rings is 1. The highest BCUT2D eigenvalue weighted by atomic mass is 32.2. The zero-order valence-corrected chi connectivity index (χ0v) is 11.1. The van der Waals surface area contributed by atoms with Crippen molar-refractivity contribution in [3.8, 4) is 0 Å². The third-order valence-corrected chi connectivity index (χ3v) is 3.27. The fourth-order valence-corrected chi connectivity index (χ4v) is 2.02. The highest BCUT2D eigenvalue weighted by Gasteiger charge is 2.18. The maximum Gasteiger partial charge on any atom is 0.305 e. The van der Waals surface area contributed by atoms with Gasteiger partial charge in [-0.05, 0) is 13.0 Å². The summed E-state index contributed by atoms with van der Waals surface area (Å²) >= 11 is 0. The molecule has 1 aromatic rings. The van der Waals surface area contributed by atoms with Crippen molar-refractivity contribution in [1.29, 1.82) is 0 Å². The molecule has 112 valence electrons. The van der Waals surface area contributed by atoms with Crippen LogP contribution in [-0.2, 0) is 16.6 Å². The van der Waals surface area contributed by atoms with Gasteiger partial charge >= 0.3 is 5.69 Å². The van der Waals surface area contributed by atoms with Crippen molar-refractivity contribution in [3.63, 3.8) is 0 Å². The minimum atomic E-state index is -3.55. The monoisotopic (exact) mass is 309 g/mol. The Morgan fingerprint density at radius 1 is 1.30 bits per heavy atom. The van der Waals surface area contributed by atoms with Gasteiger partial charge in [-0.2, -0.15) is 4.39 Å². The maximum atomic E-state index is 13.4. The van der Waals surface area contributed by atoms with Crippen molar-refractivity contribution in [2.75, 3.05) is 12.3 Å². The van der Waals surface area contributed by atoms with Gasteiger partial charge < -0.3 is 5.32 Å². The number of primary sulfonamides is 1. The molecule has 0 bridgehead atoms. The molecule has 0 heterocycles. The molecule has 1 rings (SSSR count). The van der Waals surface area contributed by atoms with Gasteiger partial charge in [-0.15, -0.1) is 0 Å². The summed E-state index contributed by atoms with van der Waals surface area (Å²) in [6.45, 7) is 0.138. The molecule has 0 radical (unpaired) electrons. The lowest BCUT2D eigenvalue weighted by atomic mass is 10.1. The molecule has 0 aliphatic carbocycles. The van der Waals surface area contributed by atoms with E-state index < -0.39 is 32.3 Å². The quantitative estimate of drug-likeness (QED) is 0.436. The van der Waals surface area contributed by atoms with E-state index in [1.54, 1.807) is 0 Å². The molecule has 1 aromatic carbocycles. The average molecular weight is 309 g/mol. The molecule has 3 N–H and O–H groups in total. The summed E-state index contributed by atoms with van der Waals surface area (Å²) in [6, 6.07) is 1.25. The van der Waals surface area contributed by atoms with Crippen molar-refractivity contribution in [2.24, 2.45) is 5.14 Å². The van der Waals surface area contributed by atoms with Gasteiger partial charge in [-0.25, -0.2) is 17.9 Å². The molecule has 0 fully saturated rings. The molecule has 0 spiro atoms. The zero-order chi connectivity index (χ0) is 15.3. The van der Waals surface area contributed by atoms with E-state index in [1.807, 2.05) is 0 Å². The Labute approximate surface area is 114 Å². The highest BCUT2D eigenvalue weighted by Crippen LogP contribution is 2.21. The molecule has 0 amide bonds. The summed E-state index contributed by atoms with van der Waals surface area (Å²) in [5.74, 6) is -2.39. The molecule has 0 saturated heterocycles. The van der Waals surface area contributed by atoms with Crippen LogP contribution in [-0.4, -0.2) is 25.6 Å². The fraction of sp³-hybridized carbons (Fsp3) is 0.400. The Morgan fingerprint density at radius 2 is 1.95 bits per heavy atom. The lowest BCUT2D eigenvalue weighted by Gasteiger charge is -2.06. The van der Waals surface area contributed by atoms with Crippen LogP contribution in [0.15, 0.2) is 12.1 Å². The van der Waals surface area contributed by atoms with Crippen LogP contribution in [0, 0.1) is 21.7 Å². The van der Waals surface area contributed by atoms with Crippen LogP contribution < -0.4 is 10.5 Å². The van der Waals surface area contributed by atoms with Crippen molar-refractivity contribution in [3.05, 3.63) is 39.4 Å². The third kappa shape index (κ3) is 5.15. The molecule has 7 nitrogen and oxygen atoms in total. The smallest absolute Gasteiger partial charge is 0.305 e. The predicted molar refractivity (Wildman–Crippen MR) is 67.3 cm³/mol. The van der Waals surface area contributed by atoms with Crippen LogP contribution in [0.2, 0.25) is 0 Å². The summed E-state index contributed by atoms with van der Waals surface area (Å²) in [4.78, 5) is 9.57. The number of hydrogen-bond donors (Lipinski definition) is 2. The van der Waals surface area contributed by atoms with E-state index in [9.17, 15) is 27.3 Å². The second-order valence-electron chi connectivity index (χ2n) is 4.05. The summed E-state index contributed by atoms with van der Waals surface area (Å²) in [5.41, 5.74) is -0.888. The number of nitro benzene ring substituents is 1. The number of sulfonamides is 1. The van der Waals surface area contributed by atoms with Crippen molar-refractivity contribution >= 4 is 15.7 Å². The van der Waals surface area contributed by atoms with Gasteiger partial charge in [-0.1, -0.05) is 0 Å². The van der Waals surface area contributed by atoms with Crippen LogP contribution in [0.5, 0.6) is 0 Å². The van der Waals surface area contributed by atoms with E-state index in [4.69, 9.17) is 5.14 Å². The average Bonchev–Trinajstić information content (AvgIpc) is 2.29. The van der Waals surface area contributed by atoms with Gasteiger partial charge in [-0.3, -0.25) is 10.1 Å². The minimum Gasteiger partial charge on any atom is -0.313 e. The second-order valence-corrected chi connectivity index (χ2v) is 5.78. The third-order valence-electron chi connectivity index (χ3n) is 2.41. The number of nitrogens with one attached hydrogen (secondary N) is 1. The molecule has 0 aliphatic rings. The first-order valence-electron chi connectivity index (χ1n) is 5.54. The lowest BCUT2D eigenvalue weighted by Crippen LogP contribution is -2.22. The Hall–Kier alpha value is -1.65. The Bertz CT molecular complexity index is 607. The largest absolute Gasteiger partial charge is 0.313 e. The second kappa shape index (κ2) is 6.68. The first-order chi connectivity index (χ1) is 9.20. The SMILES string of the molecule is NS(=O)(=O)CCCNCc1cc([N+](=O)[O-])c(F)cc1F. The molecule has 20 heavy (non-hydrogen) atoms. The molecule has 10 heteroatoms. The predicted octanol–water partition coefficient (Wildman–Crippen LogP) is 0.641. The molecule has 0 atom stereocenters. The number of halogens is 2. The van der Waals surface area contributed by atoms with Gasteiger partial charge in [0.25, 0.3) is 0 Å². The molecule has 0 saturated carbocycles. The number of hydrogen-bond acceptors (Lipinski definition) is 5. The Balaban J connectivity index is 2.60. The zero-order valence-electron chi connectivity index (χ0n) is 10.3. The fourth-order valence-electron chi connectivity index (χ4n) is 1.48.